The van der Waals surface area contributed by atoms with Gasteiger partial charge in [0.1, 0.15) is 5.60 Å². The number of carbonyl (C=O) groups excluding carboxylic acids is 1. The standard InChI is InChI=1S/C33H43N5O7S/c1-6-20-32(44)37-24(33(20)13-45-33)12-21-14(2)18(7-9-25(39)40)22(35-21)11-23-19(8-10-26(41)42)15(3)29(36-23)28(34)30-27(17(5)46)16(4)31(43)38-30/h6,11,16-17,21,24,27,35-37,44,46H,1,7-10,12-13,34H2,2-5H3,(H,38,43)(H,39,40)(H,41,42)/b22-11-,30-28+/t16-,17?,21?,24-,27+,33+/m1/s1. The summed E-state index contributed by atoms with van der Waals surface area (Å²) in [6.07, 6.45) is 4.36. The number of nitrogens with two attached hydrogens (primary N) is 1. The molecule has 0 aromatic carbocycles. The number of carbonyl (C=O) groups is 3. The number of aliphatic carboxylic acids is 2. The third-order valence-corrected chi connectivity index (χ3v) is 10.2. The third kappa shape index (κ3) is 5.93. The first-order valence-corrected chi connectivity index (χ1v) is 16.0. The van der Waals surface area contributed by atoms with Crippen LogP contribution in [0.5, 0.6) is 0 Å². The van der Waals surface area contributed by atoms with E-state index in [1.807, 2.05) is 33.8 Å². The van der Waals surface area contributed by atoms with Gasteiger partial charge in [0.15, 0.2) is 5.88 Å². The lowest BCUT2D eigenvalue weighted by Crippen LogP contribution is -2.41. The maximum atomic E-state index is 12.6. The first-order valence-electron chi connectivity index (χ1n) is 15.5. The number of thiol groups is 1. The predicted molar refractivity (Wildman–Crippen MR) is 176 cm³/mol. The molecule has 0 bridgehead atoms. The van der Waals surface area contributed by atoms with Crippen molar-refractivity contribution in [1.29, 1.82) is 0 Å². The molecule has 2 saturated heterocycles. The Balaban J connectivity index is 1.54. The lowest BCUT2D eigenvalue weighted by molar-refractivity contribution is -0.138. The molecular formula is C33H43N5O7S. The van der Waals surface area contributed by atoms with E-state index in [2.05, 4.69) is 40.1 Å². The average molecular weight is 654 g/mol. The fourth-order valence-corrected chi connectivity index (χ4v) is 7.61. The molecule has 6 atom stereocenters. The van der Waals surface area contributed by atoms with Crippen molar-refractivity contribution in [3.8, 4) is 0 Å². The monoisotopic (exact) mass is 653 g/mol. The zero-order chi connectivity index (χ0) is 33.7. The first-order chi connectivity index (χ1) is 21.7. The van der Waals surface area contributed by atoms with Gasteiger partial charge < -0.3 is 46.7 Å². The lowest BCUT2D eigenvalue weighted by Gasteiger charge is -2.23. The first kappa shape index (κ1) is 33.3. The maximum Gasteiger partial charge on any atom is 0.303 e. The van der Waals surface area contributed by atoms with Crippen LogP contribution < -0.4 is 21.7 Å². The van der Waals surface area contributed by atoms with E-state index in [0.717, 1.165) is 22.3 Å². The van der Waals surface area contributed by atoms with Crippen LogP contribution in [0.4, 0.5) is 0 Å². The minimum absolute atomic E-state index is 0.0468. The van der Waals surface area contributed by atoms with Crippen molar-refractivity contribution in [2.75, 3.05) is 6.61 Å². The molecular weight excluding hydrogens is 610 g/mol. The quantitative estimate of drug-likeness (QED) is 0.119. The van der Waals surface area contributed by atoms with Gasteiger partial charge in [-0.3, -0.25) is 14.4 Å². The van der Waals surface area contributed by atoms with Crippen molar-refractivity contribution < 1.29 is 34.4 Å². The van der Waals surface area contributed by atoms with Crippen LogP contribution in [0.1, 0.15) is 69.0 Å². The molecule has 2 unspecified atom stereocenters. The Morgan fingerprint density at radius 1 is 1.20 bits per heavy atom. The van der Waals surface area contributed by atoms with E-state index in [9.17, 15) is 29.7 Å². The number of rotatable bonds is 12. The van der Waals surface area contributed by atoms with Gasteiger partial charge in [-0.15, -0.1) is 0 Å². The highest BCUT2D eigenvalue weighted by molar-refractivity contribution is 7.80. The molecule has 0 saturated carbocycles. The lowest BCUT2D eigenvalue weighted by atomic mass is 9.89. The minimum Gasteiger partial charge on any atom is -0.495 e. The van der Waals surface area contributed by atoms with Crippen LogP contribution >= 0.6 is 12.6 Å². The number of carboxylic acids is 2. The number of hydrogen-bond acceptors (Lipinski definition) is 9. The minimum atomic E-state index is -0.944. The summed E-state index contributed by atoms with van der Waals surface area (Å²) in [6.45, 7) is 11.9. The molecule has 2 fully saturated rings. The largest absolute Gasteiger partial charge is 0.495 e. The van der Waals surface area contributed by atoms with Gasteiger partial charge in [0.2, 0.25) is 5.91 Å². The van der Waals surface area contributed by atoms with E-state index in [0.29, 0.717) is 47.1 Å². The number of nitrogens with one attached hydrogen (secondary N) is 4. The van der Waals surface area contributed by atoms with E-state index in [1.165, 1.54) is 0 Å². The number of aromatic amines is 1. The smallest absolute Gasteiger partial charge is 0.303 e. The van der Waals surface area contributed by atoms with E-state index in [4.69, 9.17) is 10.5 Å². The Kier molecular flexibility index (Phi) is 9.11. The zero-order valence-electron chi connectivity index (χ0n) is 26.5. The van der Waals surface area contributed by atoms with E-state index in [-0.39, 0.29) is 66.6 Å². The van der Waals surface area contributed by atoms with E-state index in [1.54, 1.807) is 6.08 Å². The Morgan fingerprint density at radius 2 is 1.85 bits per heavy atom. The number of amides is 1. The van der Waals surface area contributed by atoms with Crippen molar-refractivity contribution in [3.05, 3.63) is 69.2 Å². The van der Waals surface area contributed by atoms with Gasteiger partial charge in [0.25, 0.3) is 0 Å². The third-order valence-electron chi connectivity index (χ3n) is 9.87. The number of carboxylic acid groups (broad SMARTS) is 2. The number of epoxide rings is 1. The molecule has 46 heavy (non-hydrogen) atoms. The summed E-state index contributed by atoms with van der Waals surface area (Å²) in [5, 5.41) is 39.0. The van der Waals surface area contributed by atoms with Gasteiger partial charge in [-0.25, -0.2) is 0 Å². The molecule has 0 radical (unpaired) electrons. The topological polar surface area (TPSA) is 202 Å². The van der Waals surface area contributed by atoms with Gasteiger partial charge in [-0.1, -0.05) is 26.5 Å². The normalized spacial score (nSPS) is 29.7. The SMILES string of the molecule is C=CC1=C(O)N[C@H](CC2N/C(=C\c3[nH]c(/C(N)=C4\NC(=O)[C@H](C)[C@H]4C(C)S)c(C)c3CCC(=O)O)C(CCC(=O)O)=C2C)[C@]12CO2. The fraction of sp³-hybridized carbons (Fsp3) is 0.485. The second-order valence-electron chi connectivity index (χ2n) is 12.7. The molecule has 9 N–H and O–H groups in total. The Labute approximate surface area is 273 Å². The van der Waals surface area contributed by atoms with Gasteiger partial charge in [-0.2, -0.15) is 12.6 Å². The van der Waals surface area contributed by atoms with Crippen molar-refractivity contribution in [3.63, 3.8) is 0 Å². The molecule has 12 nitrogen and oxygen atoms in total. The molecule has 5 heterocycles. The zero-order valence-corrected chi connectivity index (χ0v) is 27.4. The summed E-state index contributed by atoms with van der Waals surface area (Å²) >= 11 is 4.62. The van der Waals surface area contributed by atoms with Crippen LogP contribution in [0.3, 0.4) is 0 Å². The molecule has 1 aromatic heterocycles. The van der Waals surface area contributed by atoms with Crippen molar-refractivity contribution in [2.24, 2.45) is 17.6 Å². The van der Waals surface area contributed by atoms with Crippen LogP contribution in [0.2, 0.25) is 0 Å². The second-order valence-corrected chi connectivity index (χ2v) is 13.5. The molecule has 4 aliphatic heterocycles. The van der Waals surface area contributed by atoms with E-state index < -0.39 is 17.5 Å². The number of hydrogen-bond donors (Lipinski definition) is 9. The van der Waals surface area contributed by atoms with Crippen molar-refractivity contribution in [1.82, 2.24) is 20.9 Å². The Hall–Kier alpha value is -4.10. The summed E-state index contributed by atoms with van der Waals surface area (Å²) in [5.74, 6) is -2.50. The van der Waals surface area contributed by atoms with Gasteiger partial charge in [-0.05, 0) is 61.5 Å². The summed E-state index contributed by atoms with van der Waals surface area (Å²) < 4.78 is 5.81. The molecule has 0 aliphatic carbocycles. The number of allylic oxidation sites excluding steroid dienone is 2. The van der Waals surface area contributed by atoms with Crippen LogP contribution in [0.15, 0.2) is 46.7 Å². The summed E-state index contributed by atoms with van der Waals surface area (Å²) in [7, 11) is 0. The highest BCUT2D eigenvalue weighted by atomic mass is 32.1. The summed E-state index contributed by atoms with van der Waals surface area (Å²) in [5.41, 5.74) is 13.0. The molecule has 1 aromatic rings. The second kappa shape index (κ2) is 12.6. The van der Waals surface area contributed by atoms with Gasteiger partial charge in [0, 0.05) is 58.6 Å². The summed E-state index contributed by atoms with van der Waals surface area (Å²) in [6, 6.07) is -0.417. The number of aromatic nitrogens is 1. The molecule has 13 heteroatoms. The predicted octanol–water partition coefficient (Wildman–Crippen LogP) is 3.25. The van der Waals surface area contributed by atoms with Crippen LogP contribution in [0.25, 0.3) is 11.8 Å². The Morgan fingerprint density at radius 3 is 2.43 bits per heavy atom. The molecule has 4 aliphatic rings. The van der Waals surface area contributed by atoms with Crippen LogP contribution in [0, 0.1) is 18.8 Å². The summed E-state index contributed by atoms with van der Waals surface area (Å²) in [4.78, 5) is 39.3. The molecule has 248 valence electrons. The van der Waals surface area contributed by atoms with Gasteiger partial charge >= 0.3 is 11.9 Å². The number of aliphatic hydroxyl groups is 1. The van der Waals surface area contributed by atoms with Crippen molar-refractivity contribution >= 4 is 42.2 Å². The van der Waals surface area contributed by atoms with Crippen LogP contribution in [-0.2, 0) is 25.5 Å². The van der Waals surface area contributed by atoms with Crippen LogP contribution in [-0.4, -0.2) is 67.7 Å². The molecule has 5 rings (SSSR count). The molecule has 1 spiro atoms. The number of H-pyrrole nitrogens is 1. The Bertz CT molecular complexity index is 1610. The number of ether oxygens (including phenoxy) is 1. The van der Waals surface area contributed by atoms with Gasteiger partial charge in [0.05, 0.1) is 24.0 Å². The number of aliphatic hydroxyl groups excluding tert-OH is 1. The average Bonchev–Trinajstić information content (AvgIpc) is 3.42. The van der Waals surface area contributed by atoms with E-state index >= 15 is 0 Å². The molecule has 1 amide bonds. The highest BCUT2D eigenvalue weighted by Gasteiger charge is 2.59. The fourth-order valence-electron chi connectivity index (χ4n) is 7.20. The van der Waals surface area contributed by atoms with Crippen molar-refractivity contribution in [2.45, 2.75) is 82.7 Å². The highest BCUT2D eigenvalue weighted by Crippen LogP contribution is 2.47. The maximum absolute atomic E-state index is 12.6.